The molecule has 0 aliphatic carbocycles. The summed E-state index contributed by atoms with van der Waals surface area (Å²) in [5, 5.41) is 0. The number of hydrogen-bond acceptors (Lipinski definition) is 4. The van der Waals surface area contributed by atoms with Crippen molar-refractivity contribution in [3.63, 3.8) is 0 Å². The molecule has 0 aromatic heterocycles. The third kappa shape index (κ3) is 3.47. The second-order valence-corrected chi connectivity index (χ2v) is 6.41. The predicted molar refractivity (Wildman–Crippen MR) is 84.6 cm³/mol. The van der Waals surface area contributed by atoms with Gasteiger partial charge in [0.25, 0.3) is 5.91 Å². The summed E-state index contributed by atoms with van der Waals surface area (Å²) in [5.41, 5.74) is 7.06. The van der Waals surface area contributed by atoms with Gasteiger partial charge in [-0.05, 0) is 39.0 Å². The van der Waals surface area contributed by atoms with Crippen LogP contribution >= 0.6 is 0 Å². The molecule has 1 aromatic rings. The number of nitrogens with zero attached hydrogens (tertiary/aromatic N) is 2. The van der Waals surface area contributed by atoms with Gasteiger partial charge in [0.2, 0.25) is 0 Å². The van der Waals surface area contributed by atoms with E-state index in [0.717, 1.165) is 26.2 Å². The number of amides is 1. The van der Waals surface area contributed by atoms with Crippen LogP contribution in [0.5, 0.6) is 5.75 Å². The van der Waals surface area contributed by atoms with E-state index in [4.69, 9.17) is 10.5 Å². The van der Waals surface area contributed by atoms with Crippen molar-refractivity contribution in [2.45, 2.75) is 26.3 Å². The van der Waals surface area contributed by atoms with E-state index in [-0.39, 0.29) is 11.4 Å². The van der Waals surface area contributed by atoms with E-state index in [0.29, 0.717) is 17.0 Å². The van der Waals surface area contributed by atoms with E-state index in [9.17, 15) is 4.79 Å². The summed E-state index contributed by atoms with van der Waals surface area (Å²) in [7, 11) is 1.57. The first kappa shape index (κ1) is 15.6. The molecule has 1 aliphatic rings. The zero-order chi connectivity index (χ0) is 15.6. The number of anilines is 1. The molecule has 1 aliphatic heterocycles. The predicted octanol–water partition coefficient (Wildman–Crippen LogP) is 1.83. The molecule has 21 heavy (non-hydrogen) atoms. The Morgan fingerprint density at radius 1 is 1.19 bits per heavy atom. The van der Waals surface area contributed by atoms with Crippen molar-refractivity contribution in [1.29, 1.82) is 0 Å². The number of benzene rings is 1. The SMILES string of the molecule is COc1ccc(N)cc1C(=O)N1CCN(C(C)(C)C)CC1. The third-order valence-corrected chi connectivity index (χ3v) is 3.97. The minimum absolute atomic E-state index is 0.00675. The van der Waals surface area contributed by atoms with Crippen molar-refractivity contribution < 1.29 is 9.53 Å². The van der Waals surface area contributed by atoms with Crippen LogP contribution in [0.3, 0.4) is 0 Å². The van der Waals surface area contributed by atoms with Crippen LogP contribution in [0, 0.1) is 0 Å². The van der Waals surface area contributed by atoms with Gasteiger partial charge in [-0.15, -0.1) is 0 Å². The number of carbonyl (C=O) groups excluding carboxylic acids is 1. The number of ether oxygens (including phenoxy) is 1. The van der Waals surface area contributed by atoms with E-state index in [1.807, 2.05) is 4.90 Å². The first-order chi connectivity index (χ1) is 9.82. The summed E-state index contributed by atoms with van der Waals surface area (Å²) in [4.78, 5) is 16.9. The number of carbonyl (C=O) groups is 1. The Hall–Kier alpha value is -1.75. The highest BCUT2D eigenvalue weighted by molar-refractivity contribution is 5.97. The molecule has 5 nitrogen and oxygen atoms in total. The minimum Gasteiger partial charge on any atom is -0.496 e. The summed E-state index contributed by atoms with van der Waals surface area (Å²) in [5.74, 6) is 0.570. The van der Waals surface area contributed by atoms with E-state index >= 15 is 0 Å². The maximum atomic E-state index is 12.7. The number of hydrogen-bond donors (Lipinski definition) is 1. The van der Waals surface area contributed by atoms with Gasteiger partial charge in [-0.2, -0.15) is 0 Å². The number of nitrogen functional groups attached to an aromatic ring is 1. The summed E-state index contributed by atoms with van der Waals surface area (Å²) in [6.07, 6.45) is 0. The first-order valence-corrected chi connectivity index (χ1v) is 7.31. The molecule has 1 fully saturated rings. The number of piperazine rings is 1. The molecule has 1 amide bonds. The maximum absolute atomic E-state index is 12.7. The van der Waals surface area contributed by atoms with E-state index < -0.39 is 0 Å². The highest BCUT2D eigenvalue weighted by atomic mass is 16.5. The maximum Gasteiger partial charge on any atom is 0.257 e. The largest absolute Gasteiger partial charge is 0.496 e. The molecule has 116 valence electrons. The van der Waals surface area contributed by atoms with Crippen LogP contribution in [0.15, 0.2) is 18.2 Å². The summed E-state index contributed by atoms with van der Waals surface area (Å²) in [6.45, 7) is 9.84. The van der Waals surface area contributed by atoms with Crippen molar-refractivity contribution in [2.75, 3.05) is 39.0 Å². The number of methoxy groups -OCH3 is 1. The van der Waals surface area contributed by atoms with Gasteiger partial charge in [-0.3, -0.25) is 9.69 Å². The van der Waals surface area contributed by atoms with Gasteiger partial charge in [-0.1, -0.05) is 0 Å². The second kappa shape index (κ2) is 5.93. The quantitative estimate of drug-likeness (QED) is 0.845. The topological polar surface area (TPSA) is 58.8 Å². The summed E-state index contributed by atoms with van der Waals surface area (Å²) in [6, 6.07) is 5.18. The van der Waals surface area contributed by atoms with Crippen molar-refractivity contribution in [3.05, 3.63) is 23.8 Å². The van der Waals surface area contributed by atoms with Crippen LogP contribution in [-0.4, -0.2) is 54.5 Å². The van der Waals surface area contributed by atoms with Gasteiger partial charge < -0.3 is 15.4 Å². The van der Waals surface area contributed by atoms with E-state index in [1.165, 1.54) is 0 Å². The molecule has 1 aromatic carbocycles. The standard InChI is InChI=1S/C16H25N3O2/c1-16(2,3)19-9-7-18(8-10-19)15(20)13-11-12(17)5-6-14(13)21-4/h5-6,11H,7-10,17H2,1-4H3. The molecule has 1 heterocycles. The Balaban J connectivity index is 2.11. The average Bonchev–Trinajstić information content (AvgIpc) is 2.45. The monoisotopic (exact) mass is 291 g/mol. The van der Waals surface area contributed by atoms with Crippen LogP contribution in [0.4, 0.5) is 5.69 Å². The van der Waals surface area contributed by atoms with Crippen molar-refractivity contribution in [2.24, 2.45) is 0 Å². The average molecular weight is 291 g/mol. The molecule has 0 bridgehead atoms. The molecular formula is C16H25N3O2. The first-order valence-electron chi connectivity index (χ1n) is 7.31. The molecule has 0 atom stereocenters. The van der Waals surface area contributed by atoms with Crippen LogP contribution < -0.4 is 10.5 Å². The fraction of sp³-hybridized carbons (Fsp3) is 0.562. The summed E-state index contributed by atoms with van der Waals surface area (Å²) < 4.78 is 5.27. The van der Waals surface area contributed by atoms with Gasteiger partial charge in [0, 0.05) is 37.4 Å². The Bertz CT molecular complexity index is 515. The number of rotatable bonds is 2. The molecule has 0 radical (unpaired) electrons. The normalized spacial score (nSPS) is 16.9. The second-order valence-electron chi connectivity index (χ2n) is 6.41. The molecule has 2 rings (SSSR count). The van der Waals surface area contributed by atoms with Crippen LogP contribution in [-0.2, 0) is 0 Å². The molecule has 2 N–H and O–H groups in total. The van der Waals surface area contributed by atoms with Crippen LogP contribution in [0.2, 0.25) is 0 Å². The van der Waals surface area contributed by atoms with Crippen LogP contribution in [0.1, 0.15) is 31.1 Å². The van der Waals surface area contributed by atoms with Gasteiger partial charge >= 0.3 is 0 Å². The van der Waals surface area contributed by atoms with Gasteiger partial charge in [0.1, 0.15) is 5.75 Å². The van der Waals surface area contributed by atoms with Crippen molar-refractivity contribution in [3.8, 4) is 5.75 Å². The molecular weight excluding hydrogens is 266 g/mol. The molecule has 5 heteroatoms. The highest BCUT2D eigenvalue weighted by Gasteiger charge is 2.29. The van der Waals surface area contributed by atoms with Crippen molar-refractivity contribution >= 4 is 11.6 Å². The lowest BCUT2D eigenvalue weighted by Crippen LogP contribution is -2.54. The van der Waals surface area contributed by atoms with E-state index in [2.05, 4.69) is 25.7 Å². The highest BCUT2D eigenvalue weighted by Crippen LogP contribution is 2.24. The Morgan fingerprint density at radius 3 is 2.33 bits per heavy atom. The molecule has 0 unspecified atom stereocenters. The fourth-order valence-electron chi connectivity index (χ4n) is 2.64. The fourth-order valence-corrected chi connectivity index (χ4v) is 2.64. The third-order valence-electron chi connectivity index (χ3n) is 3.97. The molecule has 0 spiro atoms. The lowest BCUT2D eigenvalue weighted by atomic mass is 10.0. The number of nitrogens with two attached hydrogens (primary N) is 1. The van der Waals surface area contributed by atoms with Crippen molar-refractivity contribution in [1.82, 2.24) is 9.80 Å². The Kier molecular flexibility index (Phi) is 4.42. The zero-order valence-corrected chi connectivity index (χ0v) is 13.3. The van der Waals surface area contributed by atoms with E-state index in [1.54, 1.807) is 25.3 Å². The van der Waals surface area contributed by atoms with Gasteiger partial charge in [-0.25, -0.2) is 0 Å². The van der Waals surface area contributed by atoms with Gasteiger partial charge in [0.15, 0.2) is 0 Å². The lowest BCUT2D eigenvalue weighted by Gasteiger charge is -2.42. The Labute approximate surface area is 126 Å². The zero-order valence-electron chi connectivity index (χ0n) is 13.3. The molecule has 1 saturated heterocycles. The van der Waals surface area contributed by atoms with Gasteiger partial charge in [0.05, 0.1) is 12.7 Å². The molecule has 0 saturated carbocycles. The Morgan fingerprint density at radius 2 is 1.81 bits per heavy atom. The smallest absolute Gasteiger partial charge is 0.257 e. The van der Waals surface area contributed by atoms with Crippen LogP contribution in [0.25, 0.3) is 0 Å². The lowest BCUT2D eigenvalue weighted by molar-refractivity contribution is 0.0449. The summed E-state index contributed by atoms with van der Waals surface area (Å²) >= 11 is 0. The minimum atomic E-state index is -0.00675.